The Morgan fingerprint density at radius 2 is 1.83 bits per heavy atom. The minimum absolute atomic E-state index is 0.186. The molecular formula is C13H20BN2O2. The summed E-state index contributed by atoms with van der Waals surface area (Å²) < 4.78 is 5.51. The molecule has 0 aliphatic heterocycles. The zero-order valence-electron chi connectivity index (χ0n) is 11.3. The Kier molecular flexibility index (Phi) is 4.19. The van der Waals surface area contributed by atoms with E-state index in [4.69, 9.17) is 15.8 Å². The number of rotatable bonds is 5. The summed E-state index contributed by atoms with van der Waals surface area (Å²) in [7, 11) is 1.32. The molecule has 97 valence electrons. The zero-order valence-corrected chi connectivity index (χ0v) is 11.3. The smallest absolute Gasteiger partial charge is 0.351 e. The Hall–Kier alpha value is -1.33. The summed E-state index contributed by atoms with van der Waals surface area (Å²) in [6.07, 6.45) is 0. The minimum Gasteiger partial charge on any atom is -0.425 e. The van der Waals surface area contributed by atoms with E-state index in [9.17, 15) is 5.11 Å². The molecule has 5 heteroatoms. The summed E-state index contributed by atoms with van der Waals surface area (Å²) in [5.41, 5.74) is 5.32. The second kappa shape index (κ2) is 5.12. The van der Waals surface area contributed by atoms with E-state index in [1.54, 1.807) is 39.8 Å². The summed E-state index contributed by atoms with van der Waals surface area (Å²) in [5.74, 6) is 0. The van der Waals surface area contributed by atoms with E-state index in [2.05, 4.69) is 0 Å². The maximum absolute atomic E-state index is 9.94. The quantitative estimate of drug-likeness (QED) is 0.421. The molecule has 1 rings (SSSR count). The Morgan fingerprint density at radius 3 is 2.33 bits per heavy atom. The average Bonchev–Trinajstić information content (AvgIpc) is 2.25. The van der Waals surface area contributed by atoms with Crippen molar-refractivity contribution in [3.05, 3.63) is 29.8 Å². The van der Waals surface area contributed by atoms with Gasteiger partial charge in [-0.1, -0.05) is 18.2 Å². The van der Waals surface area contributed by atoms with Crippen molar-refractivity contribution in [2.75, 3.05) is 5.73 Å². The molecule has 0 saturated heterocycles. The molecule has 0 amide bonds. The first-order valence-corrected chi connectivity index (χ1v) is 5.82. The van der Waals surface area contributed by atoms with Gasteiger partial charge in [-0.2, -0.15) is 0 Å². The molecule has 4 N–H and O–H groups in total. The third kappa shape index (κ3) is 3.34. The molecule has 1 aromatic carbocycles. The van der Waals surface area contributed by atoms with Gasteiger partial charge in [-0.05, 0) is 33.8 Å². The van der Waals surface area contributed by atoms with Crippen LogP contribution in [0.1, 0.15) is 33.3 Å². The van der Waals surface area contributed by atoms with E-state index in [0.29, 0.717) is 11.3 Å². The van der Waals surface area contributed by atoms with Gasteiger partial charge in [-0.25, -0.2) is 0 Å². The third-order valence-electron chi connectivity index (χ3n) is 3.20. The zero-order chi connectivity index (χ0) is 14.0. The second-order valence-electron chi connectivity index (χ2n) is 5.31. The molecule has 0 unspecified atom stereocenters. The van der Waals surface area contributed by atoms with Gasteiger partial charge >= 0.3 is 7.48 Å². The largest absolute Gasteiger partial charge is 0.425 e. The van der Waals surface area contributed by atoms with Crippen LogP contribution in [0.5, 0.6) is 0 Å². The number of hydrogen-bond donors (Lipinski definition) is 3. The molecule has 0 bridgehead atoms. The predicted molar refractivity (Wildman–Crippen MR) is 74.9 cm³/mol. The number of aliphatic hydroxyl groups is 1. The van der Waals surface area contributed by atoms with Crippen molar-refractivity contribution in [3.8, 4) is 0 Å². The van der Waals surface area contributed by atoms with Crippen LogP contribution in [0.3, 0.4) is 0 Å². The van der Waals surface area contributed by atoms with Crippen molar-refractivity contribution in [2.45, 2.75) is 38.9 Å². The number of anilines is 1. The number of hydrogen-bond acceptors (Lipinski definition) is 4. The summed E-state index contributed by atoms with van der Waals surface area (Å²) in [6.45, 7) is 6.87. The number of nitrogen functional groups attached to an aromatic ring is 1. The summed E-state index contributed by atoms with van der Waals surface area (Å²) in [5, 5.41) is 17.9. The van der Waals surface area contributed by atoms with Gasteiger partial charge in [0.15, 0.2) is 0 Å². The minimum atomic E-state index is -1.01. The fraction of sp³-hybridized carbons (Fsp3) is 0.462. The van der Waals surface area contributed by atoms with Gasteiger partial charge in [0.2, 0.25) is 0 Å². The van der Waals surface area contributed by atoms with E-state index in [0.717, 1.165) is 0 Å². The van der Waals surface area contributed by atoms with Gasteiger partial charge < -0.3 is 20.9 Å². The maximum atomic E-state index is 9.94. The van der Waals surface area contributed by atoms with Gasteiger partial charge in [0.1, 0.15) is 0 Å². The lowest BCUT2D eigenvalue weighted by Crippen LogP contribution is -2.48. The molecule has 0 aromatic heterocycles. The fourth-order valence-corrected chi connectivity index (χ4v) is 1.16. The van der Waals surface area contributed by atoms with Crippen LogP contribution in [0.4, 0.5) is 5.69 Å². The van der Waals surface area contributed by atoms with Crippen LogP contribution in [-0.2, 0) is 4.65 Å². The van der Waals surface area contributed by atoms with E-state index in [1.807, 2.05) is 12.1 Å². The lowest BCUT2D eigenvalue weighted by molar-refractivity contribution is -0.0890. The molecule has 4 nitrogen and oxygen atoms in total. The van der Waals surface area contributed by atoms with Crippen molar-refractivity contribution >= 4 is 18.8 Å². The third-order valence-corrected chi connectivity index (χ3v) is 3.20. The van der Waals surface area contributed by atoms with Crippen LogP contribution in [0.25, 0.3) is 0 Å². The van der Waals surface area contributed by atoms with Gasteiger partial charge in [-0.3, -0.25) is 0 Å². The predicted octanol–water partition coefficient (Wildman–Crippen LogP) is 1.78. The van der Waals surface area contributed by atoms with Crippen molar-refractivity contribution in [3.63, 3.8) is 0 Å². The average molecular weight is 247 g/mol. The molecule has 0 saturated carbocycles. The summed E-state index contributed by atoms with van der Waals surface area (Å²) in [4.78, 5) is 0. The Morgan fingerprint density at radius 1 is 1.28 bits per heavy atom. The molecule has 0 aliphatic rings. The number of para-hydroxylation sites is 1. The fourth-order valence-electron chi connectivity index (χ4n) is 1.16. The molecule has 0 atom stereocenters. The topological polar surface area (TPSA) is 79.3 Å². The Labute approximate surface area is 109 Å². The summed E-state index contributed by atoms with van der Waals surface area (Å²) in [6, 6.07) is 7.12. The van der Waals surface area contributed by atoms with Gasteiger partial charge in [0.05, 0.1) is 11.2 Å². The van der Waals surface area contributed by atoms with Gasteiger partial charge in [-0.15, -0.1) is 0 Å². The Balaban J connectivity index is 2.71. The molecule has 1 aromatic rings. The van der Waals surface area contributed by atoms with Crippen molar-refractivity contribution in [1.82, 2.24) is 0 Å². The van der Waals surface area contributed by atoms with E-state index >= 15 is 0 Å². The highest BCUT2D eigenvalue weighted by Gasteiger charge is 2.36. The van der Waals surface area contributed by atoms with Crippen LogP contribution in [-0.4, -0.2) is 29.4 Å². The molecule has 0 spiro atoms. The SMILES string of the molecule is CC(C)(O)C(C)(C)O[B]C(=N)c1ccccc1N. The molecule has 18 heavy (non-hydrogen) atoms. The lowest BCUT2D eigenvalue weighted by Gasteiger charge is -2.37. The highest BCUT2D eigenvalue weighted by molar-refractivity contribution is 6.74. The first-order valence-electron chi connectivity index (χ1n) is 5.82. The number of nitrogens with one attached hydrogen (secondary N) is 1. The monoisotopic (exact) mass is 247 g/mol. The molecule has 0 heterocycles. The lowest BCUT2D eigenvalue weighted by atomic mass is 9.81. The highest BCUT2D eigenvalue weighted by Crippen LogP contribution is 2.24. The van der Waals surface area contributed by atoms with Crippen molar-refractivity contribution in [2.24, 2.45) is 0 Å². The molecule has 0 fully saturated rings. The summed E-state index contributed by atoms with van der Waals surface area (Å²) >= 11 is 0. The van der Waals surface area contributed by atoms with Crippen LogP contribution >= 0.6 is 0 Å². The molecular weight excluding hydrogens is 227 g/mol. The van der Waals surface area contributed by atoms with Crippen molar-refractivity contribution in [1.29, 1.82) is 5.41 Å². The normalized spacial score (nSPS) is 12.3. The van der Waals surface area contributed by atoms with Gasteiger partial charge in [0, 0.05) is 16.9 Å². The van der Waals surface area contributed by atoms with Gasteiger partial charge in [0.25, 0.3) is 0 Å². The maximum Gasteiger partial charge on any atom is 0.351 e. The first kappa shape index (κ1) is 14.7. The number of nitrogens with two attached hydrogens (primary N) is 1. The van der Waals surface area contributed by atoms with Crippen LogP contribution in [0, 0.1) is 5.41 Å². The molecule has 1 radical (unpaired) electrons. The van der Waals surface area contributed by atoms with Crippen LogP contribution < -0.4 is 5.73 Å². The first-order chi connectivity index (χ1) is 8.15. The Bertz CT molecular complexity index is 439. The second-order valence-corrected chi connectivity index (χ2v) is 5.31. The number of benzene rings is 1. The van der Waals surface area contributed by atoms with Crippen molar-refractivity contribution < 1.29 is 9.76 Å². The highest BCUT2D eigenvalue weighted by atomic mass is 16.5. The van der Waals surface area contributed by atoms with Crippen LogP contribution in [0.2, 0.25) is 0 Å². The van der Waals surface area contributed by atoms with E-state index < -0.39 is 11.2 Å². The van der Waals surface area contributed by atoms with E-state index in [-0.39, 0.29) is 5.61 Å². The van der Waals surface area contributed by atoms with Crippen LogP contribution in [0.15, 0.2) is 24.3 Å². The molecule has 0 aliphatic carbocycles. The standard InChI is InChI=1S/C13H20BN2O2/c1-12(2,17)13(3,4)18-14-11(16)9-7-5-6-8-10(9)15/h5-8,16-17H,15H2,1-4H3. The van der Waals surface area contributed by atoms with E-state index in [1.165, 1.54) is 7.48 Å².